The van der Waals surface area contributed by atoms with Gasteiger partial charge in [-0.1, -0.05) is 84.1 Å². The highest BCUT2D eigenvalue weighted by Gasteiger charge is 2.50. The predicted octanol–water partition coefficient (Wildman–Crippen LogP) is 4.88. The van der Waals surface area contributed by atoms with E-state index in [0.29, 0.717) is 39.6 Å². The molecule has 41 nitrogen and oxygen atoms in total. The number of carbonyl (C=O) groups excluding carboxylic acids is 6. The third kappa shape index (κ3) is 22.1. The van der Waals surface area contributed by atoms with Crippen molar-refractivity contribution in [3.63, 3.8) is 0 Å². The minimum absolute atomic E-state index is 0.0881. The van der Waals surface area contributed by atoms with Gasteiger partial charge in [-0.15, -0.1) is 10.2 Å². The van der Waals surface area contributed by atoms with Crippen LogP contribution in [0.1, 0.15) is 126 Å². The number of aromatic hydroxyl groups is 6. The van der Waals surface area contributed by atoms with E-state index in [4.69, 9.17) is 70.6 Å². The van der Waals surface area contributed by atoms with Crippen molar-refractivity contribution in [2.24, 2.45) is 0 Å². The van der Waals surface area contributed by atoms with Gasteiger partial charge in [-0.3, -0.25) is 34.1 Å². The first-order valence-electron chi connectivity index (χ1n) is 41.0. The van der Waals surface area contributed by atoms with Crippen molar-refractivity contribution >= 4 is 64.6 Å². The summed E-state index contributed by atoms with van der Waals surface area (Å²) in [5.41, 5.74) is -1.52. The molecule has 1 saturated heterocycles. The van der Waals surface area contributed by atoms with Gasteiger partial charge in [0.1, 0.15) is 112 Å². The van der Waals surface area contributed by atoms with Crippen molar-refractivity contribution in [3.05, 3.63) is 188 Å². The summed E-state index contributed by atoms with van der Waals surface area (Å²) in [6.45, 7) is 5.41. The molecule has 2 aromatic heterocycles. The summed E-state index contributed by atoms with van der Waals surface area (Å²) < 4.78 is 63.3. The number of phenolic OH excluding ortho intramolecular Hbond substituents is 6. The molecule has 7 aliphatic rings. The summed E-state index contributed by atoms with van der Waals surface area (Å²) in [5, 5.41) is 163. The fourth-order valence-corrected chi connectivity index (χ4v) is 15.8. The SMILES string of the molecule is CCCCCCOCc1cn(CCOCCOCCOCCOCc2cn([C@H]3C(=O)N[C@@H]4Cc5ccc(c(Cl)c5)Oc5cc6cc(c5O)Oc5ccc(cc5Cl)[C@@H](O[C@@H]5O[C@H](CO)[C@@H](O)[C@H](O)[C@H]5NC(C)=O)[C@H]5NC(=O)[C@H](NC(O)[C@@H]6NC(=O)[C@@H](NC4=O)c4cc(O)cc(c4)Oc4cc3ccc4O)c3ccc(O)c(c3)-c3c(O)cc(O)cc3[C@H](C(=O)O)NC5=O)nn2)nn1. The van der Waals surface area contributed by atoms with Gasteiger partial charge in [0.15, 0.2) is 41.4 Å². The molecule has 0 spiro atoms. The summed E-state index contributed by atoms with van der Waals surface area (Å²) >= 11 is 14.3. The largest absolute Gasteiger partial charge is 0.508 e. The van der Waals surface area contributed by atoms with Crippen molar-refractivity contribution in [3.8, 4) is 80.1 Å². The highest BCUT2D eigenvalue weighted by Crippen LogP contribution is 2.49. The fraction of sp³-hybridized carbons (Fsp3) is 0.384. The van der Waals surface area contributed by atoms with Gasteiger partial charge in [0.05, 0.1) is 101 Å². The number of aliphatic carboxylic acids is 1. The number of aromatic nitrogens is 6. The molecule has 1 unspecified atom stereocenters. The van der Waals surface area contributed by atoms with Crippen molar-refractivity contribution in [1.29, 1.82) is 0 Å². The molecule has 0 aliphatic carbocycles. The van der Waals surface area contributed by atoms with Gasteiger partial charge >= 0.3 is 5.97 Å². The summed E-state index contributed by atoms with van der Waals surface area (Å²) in [6, 6.07) is 5.56. The molecule has 14 atom stereocenters. The molecule has 43 heteroatoms. The second-order valence-electron chi connectivity index (χ2n) is 30.9. The van der Waals surface area contributed by atoms with Gasteiger partial charge < -0.3 is 135 Å². The van der Waals surface area contributed by atoms with E-state index in [9.17, 15) is 65.8 Å². The Labute approximate surface area is 744 Å². The van der Waals surface area contributed by atoms with Gasteiger partial charge in [0.25, 0.3) is 0 Å². The van der Waals surface area contributed by atoms with Crippen LogP contribution >= 0.6 is 23.2 Å². The van der Waals surface area contributed by atoms with E-state index in [2.05, 4.69) is 64.8 Å². The molecular formula is C86H93Cl2N13O28. The molecular weight excluding hydrogens is 1730 g/mol. The predicted molar refractivity (Wildman–Crippen MR) is 447 cm³/mol. The second-order valence-corrected chi connectivity index (χ2v) is 31.7. The van der Waals surface area contributed by atoms with Crippen LogP contribution in [0.3, 0.4) is 0 Å². The normalized spacial score (nSPS) is 22.8. The maximum atomic E-state index is 16.2. The number of hydrogen-bond donors (Lipinski definition) is 18. The Balaban J connectivity index is 0.791. The number of rotatable bonds is 27. The van der Waals surface area contributed by atoms with Crippen molar-refractivity contribution in [2.45, 2.75) is 151 Å². The Hall–Kier alpha value is -12.6. The van der Waals surface area contributed by atoms with Crippen LogP contribution in [0.4, 0.5) is 0 Å². The van der Waals surface area contributed by atoms with Gasteiger partial charge in [-0.25, -0.2) is 14.2 Å². The van der Waals surface area contributed by atoms with Gasteiger partial charge in [0, 0.05) is 48.8 Å². The number of halogens is 2. The zero-order valence-corrected chi connectivity index (χ0v) is 70.5. The highest BCUT2D eigenvalue weighted by molar-refractivity contribution is 6.32. The maximum absolute atomic E-state index is 16.2. The maximum Gasteiger partial charge on any atom is 0.330 e. The molecule has 129 heavy (non-hydrogen) atoms. The number of aliphatic hydroxyl groups excluding tert-OH is 4. The van der Waals surface area contributed by atoms with Gasteiger partial charge in [-0.2, -0.15) is 0 Å². The van der Waals surface area contributed by atoms with Crippen LogP contribution < -0.4 is 51.4 Å². The van der Waals surface area contributed by atoms with Crippen LogP contribution in [0.25, 0.3) is 11.1 Å². The molecule has 9 heterocycles. The molecule has 16 rings (SSSR count). The molecule has 18 N–H and O–H groups in total. The number of fused-ring (bicyclic) bond motifs is 14. The van der Waals surface area contributed by atoms with E-state index in [1.54, 1.807) is 4.68 Å². The molecule has 7 aliphatic heterocycles. The summed E-state index contributed by atoms with van der Waals surface area (Å²) in [4.78, 5) is 106. The van der Waals surface area contributed by atoms with E-state index in [1.165, 1.54) is 61.1 Å². The van der Waals surface area contributed by atoms with Crippen molar-refractivity contribution < 1.29 is 137 Å². The van der Waals surface area contributed by atoms with Crippen molar-refractivity contribution in [2.75, 3.05) is 59.5 Å². The van der Waals surface area contributed by atoms with Crippen LogP contribution in [0.15, 0.2) is 128 Å². The van der Waals surface area contributed by atoms with Gasteiger partial charge in [0.2, 0.25) is 41.2 Å². The number of benzene rings is 7. The minimum Gasteiger partial charge on any atom is -0.508 e. The number of carboxylic acids is 1. The molecule has 7 aromatic carbocycles. The first-order valence-corrected chi connectivity index (χ1v) is 41.8. The molecule has 1 fully saturated rings. The Bertz CT molecular complexity index is 5610. The molecule has 6 amide bonds. The minimum atomic E-state index is -2.49. The van der Waals surface area contributed by atoms with E-state index < -0.39 is 207 Å². The zero-order valence-electron chi connectivity index (χ0n) is 69.0. The summed E-state index contributed by atoms with van der Waals surface area (Å²) in [7, 11) is 0. The number of hydrogen-bond acceptors (Lipinski definition) is 32. The molecule has 0 radical (unpaired) electrons. The first-order chi connectivity index (χ1) is 62.1. The smallest absolute Gasteiger partial charge is 0.330 e. The summed E-state index contributed by atoms with van der Waals surface area (Å²) in [5.74, 6) is -15.6. The Morgan fingerprint density at radius 3 is 1.91 bits per heavy atom. The quantitative estimate of drug-likeness (QED) is 0.0305. The molecule has 684 valence electrons. The number of carbonyl (C=O) groups is 7. The van der Waals surface area contributed by atoms with E-state index in [1.807, 2.05) is 6.20 Å². The van der Waals surface area contributed by atoms with Crippen LogP contribution in [-0.2, 0) is 92.9 Å². The lowest BCUT2D eigenvalue weighted by Gasteiger charge is -2.44. The van der Waals surface area contributed by atoms with Crippen LogP contribution in [0.5, 0.6) is 69.0 Å². The first kappa shape index (κ1) is 92.6. The topological polar surface area (TPSA) is 580 Å². The number of nitrogens with zero attached hydrogens (tertiary/aromatic N) is 6. The van der Waals surface area contributed by atoms with Gasteiger partial charge in [-0.05, 0) is 119 Å². The van der Waals surface area contributed by atoms with E-state index in [0.717, 1.165) is 103 Å². The van der Waals surface area contributed by atoms with E-state index >= 15 is 24.0 Å². The lowest BCUT2D eigenvalue weighted by molar-refractivity contribution is -0.284. The third-order valence-electron chi connectivity index (χ3n) is 21.6. The lowest BCUT2D eigenvalue weighted by Crippen LogP contribution is -2.65. The fourth-order valence-electron chi connectivity index (χ4n) is 15.3. The monoisotopic (exact) mass is 1830 g/mol. The highest BCUT2D eigenvalue weighted by atomic mass is 35.5. The van der Waals surface area contributed by atoms with E-state index in [-0.39, 0.29) is 100 Å². The number of unbranched alkanes of at least 4 members (excludes halogenated alkanes) is 3. The molecule has 0 saturated carbocycles. The average molecular weight is 1830 g/mol. The Morgan fingerprint density at radius 1 is 0.558 bits per heavy atom. The van der Waals surface area contributed by atoms with Crippen LogP contribution in [-0.4, -0.2) is 236 Å². The lowest BCUT2D eigenvalue weighted by atomic mass is 9.89. The number of phenols is 6. The number of ether oxygens (including phenoxy) is 10. The van der Waals surface area contributed by atoms with Crippen molar-refractivity contribution in [1.82, 2.24) is 67.2 Å². The average Bonchev–Trinajstić information content (AvgIpc) is 1.11. The van der Waals surface area contributed by atoms with Crippen LogP contribution in [0, 0.1) is 0 Å². The Kier molecular flexibility index (Phi) is 29.9. The number of nitrogens with one attached hydrogen (secondary N) is 7. The standard InChI is InChI=1S/C86H93Cl2N13O28/c1-3-4-5-6-16-123-39-48-36-100(98-96-48)15-17-120-18-19-121-20-21-122-22-23-124-40-49-37-101(99-97-49)74-44-9-12-59(107)63(30-44)125-52-27-46(26-50(104)33-52)69-81(114)93-70-47-31-64(126-61-13-7-42(24-55(61)87)25-57(79(112)91-69)90-84(74)117)75(109)65(32-47)127-62-14-10-45(29-56(62)88)78(129-86-72(89-41(2)103)77(111)76(110)66(38-102)128-86)73-83(116)94-71(85(118)119)54-34-51(105)35-60(108)67(54)53-28-43(8-11-58(53)106)68(80(113)95-73)92-82(70)115/h7-14,24,26-37,57,66,68-74,76-78,82,86,92,102,104-111,115H,3-6,15-23,25,38-40H2,1-2H3,(H,89,103)(H,90,117)(H,91,112)(H,93,114)(H,94,116)(H,95,113)(H,118,119)/t57-,66-,68-,69+,70-,71-,72-,73-,74-,76-,77-,78-,82?,86+/m1/s1. The third-order valence-corrected chi connectivity index (χ3v) is 22.2. The molecule has 17 bridgehead atoms. The molecule has 9 aromatic rings. The summed E-state index contributed by atoms with van der Waals surface area (Å²) in [6.07, 6.45) is -5.09. The second kappa shape index (κ2) is 41.7. The number of carboxylic acid groups (broad SMARTS) is 1. The number of amides is 6. The van der Waals surface area contributed by atoms with Crippen LogP contribution in [0.2, 0.25) is 10.0 Å². The number of aliphatic hydroxyl groups is 4. The zero-order chi connectivity index (χ0) is 91.4. The Morgan fingerprint density at radius 2 is 1.20 bits per heavy atom.